The van der Waals surface area contributed by atoms with Gasteiger partial charge in [-0.1, -0.05) is 33.2 Å². The number of hydrogen-bond donors (Lipinski definition) is 1. The van der Waals surface area contributed by atoms with Crippen molar-refractivity contribution in [1.29, 1.82) is 0 Å². The van der Waals surface area contributed by atoms with Crippen LogP contribution in [0, 0.1) is 0 Å². The molecule has 0 aliphatic heterocycles. The Morgan fingerprint density at radius 2 is 1.96 bits per heavy atom. The predicted molar refractivity (Wildman–Crippen MR) is 90.6 cm³/mol. The summed E-state index contributed by atoms with van der Waals surface area (Å²) in [6.07, 6.45) is 0. The number of carbonyl (C=O) groups is 1. The number of anilines is 1. The molecule has 1 aromatic heterocycles. The lowest BCUT2D eigenvalue weighted by atomic mass is 10.1. The van der Waals surface area contributed by atoms with Gasteiger partial charge in [0, 0.05) is 21.8 Å². The summed E-state index contributed by atoms with van der Waals surface area (Å²) >= 11 is 3.35. The van der Waals surface area contributed by atoms with E-state index in [-0.39, 0.29) is 11.6 Å². The summed E-state index contributed by atoms with van der Waals surface area (Å²) in [7, 11) is 1.59. The molecule has 0 bridgehead atoms. The van der Waals surface area contributed by atoms with Gasteiger partial charge in [-0.05, 0) is 36.4 Å². The number of ether oxygens (including phenoxy) is 1. The van der Waals surface area contributed by atoms with Gasteiger partial charge in [0.25, 0.3) is 5.91 Å². The Balaban J connectivity index is 1.78. The minimum Gasteiger partial charge on any atom is -0.497 e. The molecule has 5 nitrogen and oxygen atoms in total. The highest BCUT2D eigenvalue weighted by Gasteiger charge is 2.14. The maximum atomic E-state index is 12.2. The van der Waals surface area contributed by atoms with Crippen molar-refractivity contribution in [1.82, 2.24) is 5.16 Å². The Morgan fingerprint density at radius 1 is 1.17 bits per heavy atom. The van der Waals surface area contributed by atoms with Crippen LogP contribution in [0.5, 0.6) is 5.75 Å². The summed E-state index contributed by atoms with van der Waals surface area (Å²) in [5.41, 5.74) is 1.69. The highest BCUT2D eigenvalue weighted by molar-refractivity contribution is 9.10. The monoisotopic (exact) mass is 372 g/mol. The topological polar surface area (TPSA) is 64.4 Å². The average molecular weight is 373 g/mol. The molecule has 0 aliphatic carbocycles. The van der Waals surface area contributed by atoms with E-state index in [0.717, 1.165) is 10.0 Å². The largest absolute Gasteiger partial charge is 0.497 e. The first-order valence-electron chi connectivity index (χ1n) is 6.84. The Morgan fingerprint density at radius 3 is 2.70 bits per heavy atom. The molecule has 23 heavy (non-hydrogen) atoms. The van der Waals surface area contributed by atoms with E-state index in [2.05, 4.69) is 26.4 Å². The fourth-order valence-electron chi connectivity index (χ4n) is 2.02. The second-order valence-electron chi connectivity index (χ2n) is 4.77. The standard InChI is InChI=1S/C17H13BrN2O3/c1-22-14-4-2-3-11(9-14)16-10-15(20-23-16)17(21)19-13-7-5-12(18)6-8-13/h2-10H,1H3,(H,19,21). The molecular weight excluding hydrogens is 360 g/mol. The van der Waals surface area contributed by atoms with E-state index in [4.69, 9.17) is 9.26 Å². The molecule has 2 aromatic carbocycles. The van der Waals surface area contributed by atoms with Gasteiger partial charge in [-0.15, -0.1) is 0 Å². The number of amides is 1. The maximum absolute atomic E-state index is 12.2. The molecule has 0 radical (unpaired) electrons. The minimum absolute atomic E-state index is 0.214. The van der Waals surface area contributed by atoms with Gasteiger partial charge in [-0.3, -0.25) is 4.79 Å². The number of methoxy groups -OCH3 is 1. The molecule has 0 saturated carbocycles. The maximum Gasteiger partial charge on any atom is 0.277 e. The minimum atomic E-state index is -0.329. The molecular formula is C17H13BrN2O3. The van der Waals surface area contributed by atoms with Crippen LogP contribution in [0.25, 0.3) is 11.3 Å². The SMILES string of the molecule is COc1cccc(-c2cc(C(=O)Nc3ccc(Br)cc3)no2)c1. The highest BCUT2D eigenvalue weighted by atomic mass is 79.9. The Hall–Kier alpha value is -2.60. The normalized spacial score (nSPS) is 10.3. The van der Waals surface area contributed by atoms with E-state index in [1.807, 2.05) is 36.4 Å². The third-order valence-corrected chi connectivity index (χ3v) is 3.73. The highest BCUT2D eigenvalue weighted by Crippen LogP contribution is 2.24. The Labute approximate surface area is 141 Å². The second kappa shape index (κ2) is 6.66. The van der Waals surface area contributed by atoms with Gasteiger partial charge in [-0.2, -0.15) is 0 Å². The van der Waals surface area contributed by atoms with Gasteiger partial charge >= 0.3 is 0 Å². The van der Waals surface area contributed by atoms with Crippen molar-refractivity contribution in [2.24, 2.45) is 0 Å². The van der Waals surface area contributed by atoms with E-state index >= 15 is 0 Å². The summed E-state index contributed by atoms with van der Waals surface area (Å²) in [6.45, 7) is 0. The predicted octanol–water partition coefficient (Wildman–Crippen LogP) is 4.37. The van der Waals surface area contributed by atoms with Crippen LogP contribution in [0.3, 0.4) is 0 Å². The van der Waals surface area contributed by atoms with Crippen LogP contribution in [-0.2, 0) is 0 Å². The zero-order valence-corrected chi connectivity index (χ0v) is 13.8. The van der Waals surface area contributed by atoms with Crippen LogP contribution >= 0.6 is 15.9 Å². The number of nitrogens with one attached hydrogen (secondary N) is 1. The van der Waals surface area contributed by atoms with E-state index < -0.39 is 0 Å². The number of aromatic nitrogens is 1. The molecule has 3 aromatic rings. The lowest BCUT2D eigenvalue weighted by Crippen LogP contribution is -2.11. The van der Waals surface area contributed by atoms with Crippen molar-refractivity contribution in [3.05, 3.63) is 64.8 Å². The van der Waals surface area contributed by atoms with Gasteiger partial charge < -0.3 is 14.6 Å². The zero-order chi connectivity index (χ0) is 16.2. The van der Waals surface area contributed by atoms with Crippen LogP contribution < -0.4 is 10.1 Å². The Bertz CT molecular complexity index is 828. The van der Waals surface area contributed by atoms with Crippen LogP contribution in [0.2, 0.25) is 0 Å². The smallest absolute Gasteiger partial charge is 0.277 e. The van der Waals surface area contributed by atoms with Crippen LogP contribution in [0.15, 0.2) is 63.6 Å². The number of benzene rings is 2. The molecule has 1 heterocycles. The molecule has 0 unspecified atom stereocenters. The average Bonchev–Trinajstić information content (AvgIpc) is 3.07. The molecule has 1 amide bonds. The molecule has 3 rings (SSSR count). The quantitative estimate of drug-likeness (QED) is 0.738. The third-order valence-electron chi connectivity index (χ3n) is 3.20. The molecule has 0 spiro atoms. The second-order valence-corrected chi connectivity index (χ2v) is 5.69. The lowest BCUT2D eigenvalue weighted by Gasteiger charge is -2.02. The van der Waals surface area contributed by atoms with Crippen molar-refractivity contribution in [3.63, 3.8) is 0 Å². The lowest BCUT2D eigenvalue weighted by molar-refractivity contribution is 0.101. The summed E-state index contributed by atoms with van der Waals surface area (Å²) in [6, 6.07) is 16.2. The molecule has 0 saturated heterocycles. The van der Waals surface area contributed by atoms with E-state index in [1.54, 1.807) is 25.3 Å². The molecule has 6 heteroatoms. The van der Waals surface area contributed by atoms with E-state index in [9.17, 15) is 4.79 Å². The number of carbonyl (C=O) groups excluding carboxylic acids is 1. The van der Waals surface area contributed by atoms with Crippen LogP contribution in [-0.4, -0.2) is 18.2 Å². The van der Waals surface area contributed by atoms with Crippen molar-refractivity contribution >= 4 is 27.5 Å². The first-order chi connectivity index (χ1) is 11.2. The van der Waals surface area contributed by atoms with Crippen molar-refractivity contribution in [2.75, 3.05) is 12.4 Å². The summed E-state index contributed by atoms with van der Waals surface area (Å²) < 4.78 is 11.4. The van der Waals surface area contributed by atoms with E-state index in [1.165, 1.54) is 0 Å². The number of rotatable bonds is 4. The van der Waals surface area contributed by atoms with Crippen LogP contribution in [0.1, 0.15) is 10.5 Å². The Kier molecular flexibility index (Phi) is 4.43. The van der Waals surface area contributed by atoms with Crippen molar-refractivity contribution in [2.45, 2.75) is 0 Å². The number of hydrogen-bond acceptors (Lipinski definition) is 4. The number of nitrogens with zero attached hydrogens (tertiary/aromatic N) is 1. The molecule has 116 valence electrons. The van der Waals surface area contributed by atoms with Crippen molar-refractivity contribution < 1.29 is 14.1 Å². The third kappa shape index (κ3) is 3.60. The molecule has 0 fully saturated rings. The van der Waals surface area contributed by atoms with E-state index in [0.29, 0.717) is 17.2 Å². The summed E-state index contributed by atoms with van der Waals surface area (Å²) in [5, 5.41) is 6.59. The zero-order valence-electron chi connectivity index (χ0n) is 12.2. The summed E-state index contributed by atoms with van der Waals surface area (Å²) in [4.78, 5) is 12.2. The first-order valence-corrected chi connectivity index (χ1v) is 7.63. The fraction of sp³-hybridized carbons (Fsp3) is 0.0588. The first kappa shape index (κ1) is 15.3. The fourth-order valence-corrected chi connectivity index (χ4v) is 2.29. The van der Waals surface area contributed by atoms with Crippen LogP contribution in [0.4, 0.5) is 5.69 Å². The number of halogens is 1. The summed E-state index contributed by atoms with van der Waals surface area (Å²) in [5.74, 6) is 0.884. The molecule has 0 aliphatic rings. The van der Waals surface area contributed by atoms with Gasteiger partial charge in [0.2, 0.25) is 0 Å². The van der Waals surface area contributed by atoms with Gasteiger partial charge in [0.05, 0.1) is 7.11 Å². The van der Waals surface area contributed by atoms with Crippen molar-refractivity contribution in [3.8, 4) is 17.1 Å². The molecule has 1 N–H and O–H groups in total. The molecule has 0 atom stereocenters. The van der Waals surface area contributed by atoms with Gasteiger partial charge in [0.15, 0.2) is 11.5 Å². The van der Waals surface area contributed by atoms with Gasteiger partial charge in [-0.25, -0.2) is 0 Å². The van der Waals surface area contributed by atoms with Gasteiger partial charge in [0.1, 0.15) is 5.75 Å².